The maximum Gasteiger partial charge on any atom is 0.251 e. The predicted molar refractivity (Wildman–Crippen MR) is 98.6 cm³/mol. The maximum absolute atomic E-state index is 12.0. The zero-order valence-corrected chi connectivity index (χ0v) is 15.2. The van der Waals surface area contributed by atoms with Crippen LogP contribution in [0.5, 0.6) is 0 Å². The molecular formula is C19H23ClN3O2+. The van der Waals surface area contributed by atoms with Crippen molar-refractivity contribution < 1.29 is 14.5 Å². The molecular weight excluding hydrogens is 338 g/mol. The molecule has 25 heavy (non-hydrogen) atoms. The number of nitrogens with one attached hydrogen (secondary N) is 3. The van der Waals surface area contributed by atoms with Crippen LogP contribution in [0.4, 0.5) is 0 Å². The molecule has 2 aromatic carbocycles. The van der Waals surface area contributed by atoms with Crippen molar-refractivity contribution in [2.24, 2.45) is 0 Å². The SMILES string of the molecule is C[NH+](C)Cc1ccccc1CNC(=O)CNC(=O)c1ccc(Cl)cc1. The summed E-state index contributed by atoms with van der Waals surface area (Å²) in [5.74, 6) is -0.530. The molecule has 0 aliphatic rings. The van der Waals surface area contributed by atoms with Crippen molar-refractivity contribution in [3.8, 4) is 0 Å². The molecule has 132 valence electrons. The summed E-state index contributed by atoms with van der Waals surface area (Å²) in [6, 6.07) is 14.5. The Hall–Kier alpha value is -2.37. The second kappa shape index (κ2) is 9.20. The molecule has 6 heteroatoms. The molecule has 0 bridgehead atoms. The van der Waals surface area contributed by atoms with E-state index in [-0.39, 0.29) is 18.4 Å². The van der Waals surface area contributed by atoms with E-state index in [1.165, 1.54) is 10.5 Å². The zero-order chi connectivity index (χ0) is 18.2. The first kappa shape index (κ1) is 19.0. The van der Waals surface area contributed by atoms with Gasteiger partial charge in [-0.25, -0.2) is 0 Å². The number of benzene rings is 2. The Bertz CT molecular complexity index is 730. The second-order valence-electron chi connectivity index (χ2n) is 6.12. The summed E-state index contributed by atoms with van der Waals surface area (Å²) in [7, 11) is 4.17. The van der Waals surface area contributed by atoms with Crippen LogP contribution in [-0.4, -0.2) is 32.5 Å². The molecule has 5 nitrogen and oxygen atoms in total. The van der Waals surface area contributed by atoms with E-state index in [4.69, 9.17) is 11.6 Å². The molecule has 2 rings (SSSR count). The minimum absolute atomic E-state index is 0.0669. The number of halogens is 1. The summed E-state index contributed by atoms with van der Waals surface area (Å²) < 4.78 is 0. The minimum Gasteiger partial charge on any atom is -0.350 e. The molecule has 2 amide bonds. The van der Waals surface area contributed by atoms with E-state index in [1.54, 1.807) is 24.3 Å². The third kappa shape index (κ3) is 6.21. The van der Waals surface area contributed by atoms with Gasteiger partial charge in [0.1, 0.15) is 6.54 Å². The highest BCUT2D eigenvalue weighted by molar-refractivity contribution is 6.30. The fraction of sp³-hybridized carbons (Fsp3) is 0.263. The lowest BCUT2D eigenvalue weighted by Gasteiger charge is -2.13. The molecule has 0 saturated heterocycles. The van der Waals surface area contributed by atoms with E-state index in [2.05, 4.69) is 30.8 Å². The van der Waals surface area contributed by atoms with Gasteiger partial charge in [0.15, 0.2) is 0 Å². The van der Waals surface area contributed by atoms with E-state index in [0.717, 1.165) is 12.1 Å². The summed E-state index contributed by atoms with van der Waals surface area (Å²) in [5, 5.41) is 6.01. The maximum atomic E-state index is 12.0. The number of amides is 2. The number of hydrogen-bond acceptors (Lipinski definition) is 2. The van der Waals surface area contributed by atoms with Crippen LogP contribution in [0.2, 0.25) is 5.02 Å². The summed E-state index contributed by atoms with van der Waals surface area (Å²) in [6.07, 6.45) is 0. The Morgan fingerprint density at radius 2 is 1.60 bits per heavy atom. The fourth-order valence-corrected chi connectivity index (χ4v) is 2.53. The predicted octanol–water partition coefficient (Wildman–Crippen LogP) is 1.03. The van der Waals surface area contributed by atoms with Crippen LogP contribution in [0.3, 0.4) is 0 Å². The van der Waals surface area contributed by atoms with Gasteiger partial charge in [-0.2, -0.15) is 0 Å². The van der Waals surface area contributed by atoms with Gasteiger partial charge >= 0.3 is 0 Å². The topological polar surface area (TPSA) is 62.6 Å². The Labute approximate surface area is 153 Å². The number of carbonyl (C=O) groups is 2. The Kier molecular flexibility index (Phi) is 6.98. The van der Waals surface area contributed by atoms with Gasteiger partial charge < -0.3 is 15.5 Å². The van der Waals surface area contributed by atoms with Gasteiger partial charge in [-0.3, -0.25) is 9.59 Å². The number of hydrogen-bond donors (Lipinski definition) is 3. The largest absolute Gasteiger partial charge is 0.350 e. The lowest BCUT2D eigenvalue weighted by atomic mass is 10.1. The van der Waals surface area contributed by atoms with E-state index >= 15 is 0 Å². The average molecular weight is 361 g/mol. The molecule has 0 aliphatic heterocycles. The first-order valence-electron chi connectivity index (χ1n) is 8.12. The lowest BCUT2D eigenvalue weighted by molar-refractivity contribution is -0.872. The number of rotatable bonds is 7. The molecule has 0 aromatic heterocycles. The highest BCUT2D eigenvalue weighted by atomic mass is 35.5. The first-order chi connectivity index (χ1) is 12.0. The molecule has 0 radical (unpaired) electrons. The van der Waals surface area contributed by atoms with Gasteiger partial charge in [-0.05, 0) is 29.8 Å². The highest BCUT2D eigenvalue weighted by Gasteiger charge is 2.09. The second-order valence-corrected chi connectivity index (χ2v) is 6.56. The summed E-state index contributed by atoms with van der Waals surface area (Å²) in [5.41, 5.74) is 2.76. The molecule has 0 fully saturated rings. The number of quaternary nitrogens is 1. The van der Waals surface area contributed by atoms with Crippen molar-refractivity contribution in [3.63, 3.8) is 0 Å². The van der Waals surface area contributed by atoms with Crippen molar-refractivity contribution in [1.29, 1.82) is 0 Å². The van der Waals surface area contributed by atoms with Gasteiger partial charge in [0.2, 0.25) is 5.91 Å². The van der Waals surface area contributed by atoms with Crippen LogP contribution in [0.25, 0.3) is 0 Å². The normalized spacial score (nSPS) is 10.6. The third-order valence-corrected chi connectivity index (χ3v) is 3.91. The molecule has 0 spiro atoms. The van der Waals surface area contributed by atoms with Gasteiger partial charge in [-0.1, -0.05) is 35.9 Å². The third-order valence-electron chi connectivity index (χ3n) is 3.65. The summed E-state index contributed by atoms with van der Waals surface area (Å²) in [4.78, 5) is 25.3. The fourth-order valence-electron chi connectivity index (χ4n) is 2.40. The first-order valence-corrected chi connectivity index (χ1v) is 8.50. The lowest BCUT2D eigenvalue weighted by Crippen LogP contribution is -3.04. The van der Waals surface area contributed by atoms with E-state index in [0.29, 0.717) is 17.1 Å². The Morgan fingerprint density at radius 1 is 0.960 bits per heavy atom. The average Bonchev–Trinajstić information content (AvgIpc) is 2.59. The van der Waals surface area contributed by atoms with Crippen LogP contribution in [-0.2, 0) is 17.9 Å². The van der Waals surface area contributed by atoms with Gasteiger partial charge in [-0.15, -0.1) is 0 Å². The van der Waals surface area contributed by atoms with Crippen molar-refractivity contribution in [1.82, 2.24) is 10.6 Å². The summed E-state index contributed by atoms with van der Waals surface area (Å²) >= 11 is 5.79. The molecule has 0 heterocycles. The van der Waals surface area contributed by atoms with Gasteiger partial charge in [0.05, 0.1) is 20.6 Å². The van der Waals surface area contributed by atoms with E-state index in [1.807, 2.05) is 18.2 Å². The zero-order valence-electron chi connectivity index (χ0n) is 14.4. The van der Waals surface area contributed by atoms with Gasteiger partial charge in [0.25, 0.3) is 5.91 Å². The van der Waals surface area contributed by atoms with Crippen molar-refractivity contribution in [3.05, 3.63) is 70.2 Å². The molecule has 0 unspecified atom stereocenters. The standard InChI is InChI=1S/C19H22ClN3O2/c1-23(2)13-16-6-4-3-5-15(16)11-21-18(24)12-22-19(25)14-7-9-17(20)10-8-14/h3-10H,11-13H2,1-2H3,(H,21,24)(H,22,25)/p+1. The molecule has 0 aliphatic carbocycles. The van der Waals surface area contributed by atoms with Crippen LogP contribution < -0.4 is 15.5 Å². The van der Waals surface area contributed by atoms with E-state index in [9.17, 15) is 9.59 Å². The molecule has 2 aromatic rings. The Morgan fingerprint density at radius 3 is 2.24 bits per heavy atom. The minimum atomic E-state index is -0.302. The monoisotopic (exact) mass is 360 g/mol. The van der Waals surface area contributed by atoms with Crippen LogP contribution in [0.1, 0.15) is 21.5 Å². The van der Waals surface area contributed by atoms with Crippen LogP contribution in [0, 0.1) is 0 Å². The van der Waals surface area contributed by atoms with Crippen molar-refractivity contribution in [2.45, 2.75) is 13.1 Å². The Balaban J connectivity index is 1.83. The summed E-state index contributed by atoms with van der Waals surface area (Å²) in [6.45, 7) is 1.26. The number of carbonyl (C=O) groups excluding carboxylic acids is 2. The molecule has 3 N–H and O–H groups in total. The van der Waals surface area contributed by atoms with Crippen LogP contribution >= 0.6 is 11.6 Å². The van der Waals surface area contributed by atoms with Crippen molar-refractivity contribution >= 4 is 23.4 Å². The smallest absolute Gasteiger partial charge is 0.251 e. The van der Waals surface area contributed by atoms with Crippen molar-refractivity contribution in [2.75, 3.05) is 20.6 Å². The van der Waals surface area contributed by atoms with Gasteiger partial charge in [0, 0.05) is 22.7 Å². The molecule has 0 atom stereocenters. The van der Waals surface area contributed by atoms with Crippen LogP contribution in [0.15, 0.2) is 48.5 Å². The molecule has 0 saturated carbocycles. The quantitative estimate of drug-likeness (QED) is 0.690. The van der Waals surface area contributed by atoms with E-state index < -0.39 is 0 Å². The highest BCUT2D eigenvalue weighted by Crippen LogP contribution is 2.09.